The Hall–Kier alpha value is -3.02. The van der Waals surface area contributed by atoms with E-state index in [1.54, 1.807) is 54.9 Å². The molecule has 0 saturated carbocycles. The summed E-state index contributed by atoms with van der Waals surface area (Å²) in [6.45, 7) is 2.07. The molecule has 0 spiro atoms. The van der Waals surface area contributed by atoms with Crippen LogP contribution in [0.5, 0.6) is 5.75 Å². The third-order valence-corrected chi connectivity index (χ3v) is 7.31. The quantitative estimate of drug-likeness (QED) is 0.348. The third kappa shape index (κ3) is 5.61. The van der Waals surface area contributed by atoms with Crippen molar-refractivity contribution >= 4 is 21.6 Å². The van der Waals surface area contributed by atoms with Gasteiger partial charge in [0, 0.05) is 19.2 Å². The second-order valence-electron chi connectivity index (χ2n) is 7.66. The third-order valence-electron chi connectivity index (χ3n) is 5.41. The van der Waals surface area contributed by atoms with Gasteiger partial charge in [-0.1, -0.05) is 36.4 Å². The maximum atomic E-state index is 13.0. The molecule has 1 amide bonds. The van der Waals surface area contributed by atoms with E-state index in [9.17, 15) is 23.3 Å². The molecule has 2 aromatic rings. The Morgan fingerprint density at radius 1 is 1.25 bits per heavy atom. The molecular weight excluding hydrogens is 438 g/mol. The fourth-order valence-electron chi connectivity index (χ4n) is 3.68. The Kier molecular flexibility index (Phi) is 7.44. The number of nitro groups is 1. The first-order valence-electron chi connectivity index (χ1n) is 10.1. The molecule has 1 aliphatic rings. The highest BCUT2D eigenvalue weighted by molar-refractivity contribution is 7.89. The van der Waals surface area contributed by atoms with Crippen molar-refractivity contribution in [2.45, 2.75) is 31.8 Å². The van der Waals surface area contributed by atoms with Crippen LogP contribution in [0.25, 0.3) is 0 Å². The van der Waals surface area contributed by atoms with Crippen LogP contribution in [0.4, 0.5) is 5.69 Å². The van der Waals surface area contributed by atoms with Crippen molar-refractivity contribution < 1.29 is 28.1 Å². The lowest BCUT2D eigenvalue weighted by Gasteiger charge is -2.32. The molecule has 1 saturated heterocycles. The van der Waals surface area contributed by atoms with E-state index in [0.717, 1.165) is 5.56 Å². The first-order valence-corrected chi connectivity index (χ1v) is 11.7. The average molecular weight is 464 g/mol. The van der Waals surface area contributed by atoms with Gasteiger partial charge in [0.25, 0.3) is 5.91 Å². The van der Waals surface area contributed by atoms with E-state index in [4.69, 9.17) is 9.94 Å². The number of sulfonamides is 1. The van der Waals surface area contributed by atoms with Gasteiger partial charge in [-0.05, 0) is 37.0 Å². The van der Waals surface area contributed by atoms with E-state index in [0.29, 0.717) is 18.4 Å². The lowest BCUT2D eigenvalue weighted by Crippen LogP contribution is -2.44. The molecule has 2 aromatic carbocycles. The van der Waals surface area contributed by atoms with E-state index in [1.165, 1.54) is 10.4 Å². The van der Waals surface area contributed by atoms with E-state index in [1.807, 2.05) is 0 Å². The van der Waals surface area contributed by atoms with Crippen LogP contribution in [0, 0.1) is 17.0 Å². The number of hydrogen-bond donors (Lipinski definition) is 2. The molecule has 1 heterocycles. The molecule has 0 aromatic heterocycles. The Labute approximate surface area is 186 Å². The van der Waals surface area contributed by atoms with Gasteiger partial charge in [-0.15, -0.1) is 0 Å². The number of benzene rings is 2. The molecule has 32 heavy (non-hydrogen) atoms. The highest BCUT2D eigenvalue weighted by Crippen LogP contribution is 2.31. The number of carbonyl (C=O) groups is 1. The fraction of sp³-hybridized carbons (Fsp3) is 0.381. The van der Waals surface area contributed by atoms with Crippen molar-refractivity contribution in [2.75, 3.05) is 18.8 Å². The number of nitro benzene ring substituents is 1. The molecule has 2 N–H and O–H groups in total. The van der Waals surface area contributed by atoms with E-state index >= 15 is 0 Å². The minimum Gasteiger partial charge on any atom is -0.483 e. The van der Waals surface area contributed by atoms with Gasteiger partial charge >= 0.3 is 5.69 Å². The van der Waals surface area contributed by atoms with Gasteiger partial charge < -0.3 is 4.74 Å². The SMILES string of the molecule is Cc1ccc(OC2CCN(S(=O)(=O)C[C@@H](C(=O)NO)c3ccccc3)CC2)c([N+](=O)[O-])c1. The number of rotatable bonds is 8. The second kappa shape index (κ2) is 10.1. The number of aryl methyl sites for hydroxylation is 1. The second-order valence-corrected chi connectivity index (χ2v) is 9.68. The first-order chi connectivity index (χ1) is 15.2. The lowest BCUT2D eigenvalue weighted by molar-refractivity contribution is -0.386. The van der Waals surface area contributed by atoms with E-state index in [-0.39, 0.29) is 30.6 Å². The van der Waals surface area contributed by atoms with Gasteiger partial charge in [0.05, 0.1) is 16.6 Å². The molecule has 0 radical (unpaired) electrons. The minimum absolute atomic E-state index is 0.124. The minimum atomic E-state index is -3.81. The van der Waals surface area contributed by atoms with E-state index < -0.39 is 32.5 Å². The standard InChI is InChI=1S/C21H25N3O7S/c1-15-7-8-20(19(13-15)24(27)28)31-17-9-11-23(12-10-17)32(29,30)14-18(21(25)22-26)16-5-3-2-4-6-16/h2-8,13,17-18,26H,9-12,14H2,1H3,(H,22,25)/t18-/m1/s1. The van der Waals surface area contributed by atoms with Gasteiger partial charge in [-0.2, -0.15) is 0 Å². The molecule has 11 heteroatoms. The number of piperidine rings is 1. The van der Waals surface area contributed by atoms with Gasteiger partial charge in [0.15, 0.2) is 5.75 Å². The molecule has 3 rings (SSSR count). The average Bonchev–Trinajstić information content (AvgIpc) is 2.79. The van der Waals surface area contributed by atoms with Gasteiger partial charge in [0.2, 0.25) is 10.0 Å². The number of carbonyl (C=O) groups excluding carboxylic acids is 1. The number of ether oxygens (including phenoxy) is 1. The molecule has 1 aliphatic heterocycles. The zero-order valence-electron chi connectivity index (χ0n) is 17.5. The summed E-state index contributed by atoms with van der Waals surface area (Å²) in [7, 11) is -3.81. The maximum Gasteiger partial charge on any atom is 0.311 e. The maximum absolute atomic E-state index is 13.0. The van der Waals surface area contributed by atoms with Gasteiger partial charge in [-0.25, -0.2) is 18.2 Å². The van der Waals surface area contributed by atoms with Crippen LogP contribution in [-0.2, 0) is 14.8 Å². The summed E-state index contributed by atoms with van der Waals surface area (Å²) in [5, 5.41) is 20.3. The van der Waals surface area contributed by atoms with Gasteiger partial charge in [0.1, 0.15) is 6.10 Å². The first kappa shape index (κ1) is 23.6. The molecule has 10 nitrogen and oxygen atoms in total. The molecule has 0 aliphatic carbocycles. The zero-order valence-corrected chi connectivity index (χ0v) is 18.3. The van der Waals surface area contributed by atoms with Crippen LogP contribution >= 0.6 is 0 Å². The van der Waals surface area contributed by atoms with Crippen molar-refractivity contribution in [1.29, 1.82) is 0 Å². The van der Waals surface area contributed by atoms with Crippen molar-refractivity contribution in [2.24, 2.45) is 0 Å². The number of hydroxylamine groups is 1. The molecule has 0 unspecified atom stereocenters. The number of nitrogens with one attached hydrogen (secondary N) is 1. The van der Waals surface area contributed by atoms with Gasteiger partial charge in [-0.3, -0.25) is 20.1 Å². The normalized spacial score (nSPS) is 16.3. The highest BCUT2D eigenvalue weighted by atomic mass is 32.2. The van der Waals surface area contributed by atoms with Crippen LogP contribution in [-0.4, -0.2) is 53.7 Å². The zero-order chi connectivity index (χ0) is 23.3. The summed E-state index contributed by atoms with van der Waals surface area (Å²) in [6.07, 6.45) is 0.340. The number of hydrogen-bond acceptors (Lipinski definition) is 7. The molecule has 172 valence electrons. The topological polar surface area (TPSA) is 139 Å². The molecule has 1 fully saturated rings. The van der Waals surface area contributed by atoms with Crippen molar-refractivity contribution in [3.63, 3.8) is 0 Å². The Morgan fingerprint density at radius 3 is 2.50 bits per heavy atom. The smallest absolute Gasteiger partial charge is 0.311 e. The van der Waals surface area contributed by atoms with Crippen LogP contribution in [0.2, 0.25) is 0 Å². The Bertz CT molecular complexity index is 1070. The summed E-state index contributed by atoms with van der Waals surface area (Å²) in [6, 6.07) is 13.1. The summed E-state index contributed by atoms with van der Waals surface area (Å²) in [5.74, 6) is -2.19. The van der Waals surface area contributed by atoms with Crippen LogP contribution in [0.3, 0.4) is 0 Å². The van der Waals surface area contributed by atoms with Crippen molar-refractivity contribution in [3.05, 3.63) is 69.8 Å². The van der Waals surface area contributed by atoms with Crippen molar-refractivity contribution in [3.8, 4) is 5.75 Å². The predicted octanol–water partition coefficient (Wildman–Crippen LogP) is 2.37. The molecule has 0 bridgehead atoms. The number of nitrogens with zero attached hydrogens (tertiary/aromatic N) is 2. The van der Waals surface area contributed by atoms with Crippen molar-refractivity contribution in [1.82, 2.24) is 9.79 Å². The monoisotopic (exact) mass is 463 g/mol. The fourth-order valence-corrected chi connectivity index (χ4v) is 5.42. The largest absolute Gasteiger partial charge is 0.483 e. The summed E-state index contributed by atoms with van der Waals surface area (Å²) in [5.41, 5.74) is 2.64. The Morgan fingerprint density at radius 2 is 1.91 bits per heavy atom. The predicted molar refractivity (Wildman–Crippen MR) is 116 cm³/mol. The molecular formula is C21H25N3O7S. The molecule has 1 atom stereocenters. The van der Waals surface area contributed by atoms with Crippen LogP contribution in [0.15, 0.2) is 48.5 Å². The highest BCUT2D eigenvalue weighted by Gasteiger charge is 2.34. The lowest BCUT2D eigenvalue weighted by atomic mass is 10.0. The Balaban J connectivity index is 1.66. The van der Waals surface area contributed by atoms with E-state index in [2.05, 4.69) is 0 Å². The van der Waals surface area contributed by atoms with Crippen LogP contribution < -0.4 is 10.2 Å². The summed E-state index contributed by atoms with van der Waals surface area (Å²) < 4.78 is 33.0. The summed E-state index contributed by atoms with van der Waals surface area (Å²) >= 11 is 0. The number of amides is 1. The summed E-state index contributed by atoms with van der Waals surface area (Å²) in [4.78, 5) is 22.9. The van der Waals surface area contributed by atoms with Crippen LogP contribution in [0.1, 0.15) is 29.9 Å².